The van der Waals surface area contributed by atoms with Gasteiger partial charge in [-0.25, -0.2) is 4.79 Å². The van der Waals surface area contributed by atoms with Crippen LogP contribution in [0.5, 0.6) is 0 Å². The highest BCUT2D eigenvalue weighted by Gasteiger charge is 2.21. The second-order valence-electron chi connectivity index (χ2n) is 5.95. The molecule has 0 radical (unpaired) electrons. The Balaban J connectivity index is 1.66. The predicted octanol–water partition coefficient (Wildman–Crippen LogP) is 1.77. The molecule has 0 saturated carbocycles. The molecule has 2 unspecified atom stereocenters. The molecule has 1 aromatic rings. The van der Waals surface area contributed by atoms with Crippen LogP contribution in [0.3, 0.4) is 0 Å². The minimum atomic E-state index is -0.707. The third-order valence-electron chi connectivity index (χ3n) is 3.91. The molecule has 1 aliphatic heterocycles. The Kier molecular flexibility index (Phi) is 7.21. The van der Waals surface area contributed by atoms with Crippen LogP contribution in [-0.2, 0) is 30.3 Å². The fourth-order valence-electron chi connectivity index (χ4n) is 2.40. The summed E-state index contributed by atoms with van der Waals surface area (Å²) < 4.78 is 15.9. The van der Waals surface area contributed by atoms with Crippen LogP contribution in [0, 0.1) is 0 Å². The van der Waals surface area contributed by atoms with Gasteiger partial charge in [0.2, 0.25) is 0 Å². The fraction of sp³-hybridized carbons (Fsp3) is 0.556. The maximum Gasteiger partial charge on any atom is 0.335 e. The van der Waals surface area contributed by atoms with Crippen LogP contribution in [0.4, 0.5) is 0 Å². The van der Waals surface area contributed by atoms with Crippen molar-refractivity contribution in [2.75, 3.05) is 26.9 Å². The summed E-state index contributed by atoms with van der Waals surface area (Å²) in [6, 6.07) is 9.64. The van der Waals surface area contributed by atoms with Gasteiger partial charge in [-0.1, -0.05) is 30.3 Å². The first-order valence-electron chi connectivity index (χ1n) is 8.24. The monoisotopic (exact) mass is 335 g/mol. The zero-order valence-corrected chi connectivity index (χ0v) is 14.3. The molecule has 132 valence electrons. The zero-order chi connectivity index (χ0) is 17.4. The van der Waals surface area contributed by atoms with E-state index in [9.17, 15) is 9.59 Å². The zero-order valence-electron chi connectivity index (χ0n) is 14.3. The van der Waals surface area contributed by atoms with Crippen molar-refractivity contribution >= 4 is 11.9 Å². The normalized spacial score (nSPS) is 18.2. The van der Waals surface area contributed by atoms with E-state index in [1.807, 2.05) is 30.3 Å². The van der Waals surface area contributed by atoms with Gasteiger partial charge in [0.15, 0.2) is 12.7 Å². The number of amides is 1. The average Bonchev–Trinajstić information content (AvgIpc) is 3.11. The van der Waals surface area contributed by atoms with Gasteiger partial charge >= 0.3 is 5.97 Å². The van der Waals surface area contributed by atoms with E-state index in [2.05, 4.69) is 0 Å². The lowest BCUT2D eigenvalue weighted by Crippen LogP contribution is -2.33. The lowest BCUT2D eigenvalue weighted by Gasteiger charge is -2.19. The summed E-state index contributed by atoms with van der Waals surface area (Å²) in [5.41, 5.74) is 1.02. The van der Waals surface area contributed by atoms with Gasteiger partial charge in [-0.15, -0.1) is 0 Å². The maximum absolute atomic E-state index is 12.0. The van der Waals surface area contributed by atoms with Crippen molar-refractivity contribution in [3.05, 3.63) is 35.9 Å². The van der Waals surface area contributed by atoms with Gasteiger partial charge in [0, 0.05) is 20.2 Å². The van der Waals surface area contributed by atoms with E-state index < -0.39 is 12.1 Å². The highest BCUT2D eigenvalue weighted by Crippen LogP contribution is 2.13. The quantitative estimate of drug-likeness (QED) is 0.678. The van der Waals surface area contributed by atoms with Crippen LogP contribution in [0.1, 0.15) is 25.3 Å². The summed E-state index contributed by atoms with van der Waals surface area (Å²) in [5, 5.41) is 0. The molecule has 0 N–H and O–H groups in total. The van der Waals surface area contributed by atoms with E-state index >= 15 is 0 Å². The van der Waals surface area contributed by atoms with Crippen LogP contribution < -0.4 is 0 Å². The predicted molar refractivity (Wildman–Crippen MR) is 88.3 cm³/mol. The van der Waals surface area contributed by atoms with Gasteiger partial charge < -0.3 is 19.1 Å². The van der Waals surface area contributed by atoms with E-state index in [1.165, 1.54) is 4.90 Å². The summed E-state index contributed by atoms with van der Waals surface area (Å²) >= 11 is 0. The van der Waals surface area contributed by atoms with E-state index in [4.69, 9.17) is 14.2 Å². The smallest absolute Gasteiger partial charge is 0.335 e. The first-order chi connectivity index (χ1) is 11.6. The minimum Gasteiger partial charge on any atom is -0.454 e. The molecular weight excluding hydrogens is 310 g/mol. The number of carbonyl (C=O) groups excluding carboxylic acids is 2. The maximum atomic E-state index is 12.0. The van der Waals surface area contributed by atoms with Crippen LogP contribution in [0.25, 0.3) is 0 Å². The molecule has 1 aliphatic rings. The first-order valence-corrected chi connectivity index (χ1v) is 8.24. The van der Waals surface area contributed by atoms with Gasteiger partial charge in [-0.3, -0.25) is 4.79 Å². The topological polar surface area (TPSA) is 65.1 Å². The Hall–Kier alpha value is -1.92. The van der Waals surface area contributed by atoms with Crippen LogP contribution in [-0.4, -0.2) is 55.9 Å². The second-order valence-corrected chi connectivity index (χ2v) is 5.95. The van der Waals surface area contributed by atoms with Gasteiger partial charge in [-0.05, 0) is 25.3 Å². The Morgan fingerprint density at radius 3 is 2.75 bits per heavy atom. The molecule has 0 spiro atoms. The van der Waals surface area contributed by atoms with E-state index in [0.29, 0.717) is 13.2 Å². The highest BCUT2D eigenvalue weighted by atomic mass is 16.6. The third-order valence-corrected chi connectivity index (χ3v) is 3.91. The van der Waals surface area contributed by atoms with Crippen LogP contribution >= 0.6 is 0 Å². The molecule has 6 nitrogen and oxygen atoms in total. The number of hydrogen-bond acceptors (Lipinski definition) is 5. The highest BCUT2D eigenvalue weighted by molar-refractivity contribution is 5.81. The number of hydrogen-bond donors (Lipinski definition) is 0. The summed E-state index contributed by atoms with van der Waals surface area (Å²) in [7, 11) is 1.68. The lowest BCUT2D eigenvalue weighted by atomic mass is 10.2. The van der Waals surface area contributed by atoms with Crippen molar-refractivity contribution in [1.82, 2.24) is 4.90 Å². The summed E-state index contributed by atoms with van der Waals surface area (Å²) in [4.78, 5) is 25.4. The fourth-order valence-corrected chi connectivity index (χ4v) is 2.40. The van der Waals surface area contributed by atoms with Crippen molar-refractivity contribution in [3.63, 3.8) is 0 Å². The van der Waals surface area contributed by atoms with E-state index in [0.717, 1.165) is 25.0 Å². The number of carbonyl (C=O) groups is 2. The molecule has 2 atom stereocenters. The van der Waals surface area contributed by atoms with Crippen molar-refractivity contribution < 1.29 is 23.8 Å². The molecule has 1 saturated heterocycles. The molecule has 1 aromatic carbocycles. The SMILES string of the molecule is CC(OCC1CCCO1)C(=O)OCC(=O)N(C)Cc1ccccc1. The Labute approximate surface area is 142 Å². The van der Waals surface area contributed by atoms with Crippen LogP contribution in [0.2, 0.25) is 0 Å². The van der Waals surface area contributed by atoms with Crippen molar-refractivity contribution in [2.45, 2.75) is 38.5 Å². The van der Waals surface area contributed by atoms with Gasteiger partial charge in [-0.2, -0.15) is 0 Å². The standard InChI is InChI=1S/C18H25NO5/c1-14(23-12-16-9-6-10-22-16)18(21)24-13-17(20)19(2)11-15-7-4-3-5-8-15/h3-5,7-8,14,16H,6,9-13H2,1-2H3. The third kappa shape index (κ3) is 5.94. The number of likely N-dealkylation sites (N-methyl/N-ethyl adjacent to an activating group) is 1. The number of rotatable bonds is 8. The average molecular weight is 335 g/mol. The summed E-state index contributed by atoms with van der Waals surface area (Å²) in [6.07, 6.45) is 1.32. The van der Waals surface area contributed by atoms with Gasteiger partial charge in [0.1, 0.15) is 0 Å². The molecular formula is C18H25NO5. The number of ether oxygens (including phenoxy) is 3. The molecule has 0 aliphatic carbocycles. The van der Waals surface area contributed by atoms with Crippen molar-refractivity contribution in [3.8, 4) is 0 Å². The number of benzene rings is 1. The Morgan fingerprint density at radius 1 is 1.33 bits per heavy atom. The lowest BCUT2D eigenvalue weighted by molar-refractivity contribution is -0.162. The van der Waals surface area contributed by atoms with Crippen molar-refractivity contribution in [2.24, 2.45) is 0 Å². The second kappa shape index (κ2) is 9.39. The first kappa shape index (κ1) is 18.4. The van der Waals surface area contributed by atoms with Crippen LogP contribution in [0.15, 0.2) is 30.3 Å². The molecule has 0 aromatic heterocycles. The molecule has 1 amide bonds. The Morgan fingerprint density at radius 2 is 2.08 bits per heavy atom. The molecule has 1 heterocycles. The number of nitrogens with zero attached hydrogens (tertiary/aromatic N) is 1. The van der Waals surface area contributed by atoms with E-state index in [-0.39, 0.29) is 18.6 Å². The van der Waals surface area contributed by atoms with Gasteiger partial charge in [0.25, 0.3) is 5.91 Å². The largest absolute Gasteiger partial charge is 0.454 e. The minimum absolute atomic E-state index is 0.0545. The van der Waals surface area contributed by atoms with Crippen molar-refractivity contribution in [1.29, 1.82) is 0 Å². The molecule has 24 heavy (non-hydrogen) atoms. The molecule has 2 rings (SSSR count). The molecule has 1 fully saturated rings. The molecule has 0 bridgehead atoms. The summed E-state index contributed by atoms with van der Waals surface area (Å²) in [6.45, 7) is 2.93. The Bertz CT molecular complexity index is 527. The summed E-state index contributed by atoms with van der Waals surface area (Å²) in [5.74, 6) is -0.784. The van der Waals surface area contributed by atoms with E-state index in [1.54, 1.807) is 14.0 Å². The van der Waals surface area contributed by atoms with Gasteiger partial charge in [0.05, 0.1) is 12.7 Å². The number of esters is 1. The molecule has 6 heteroatoms.